The van der Waals surface area contributed by atoms with Crippen molar-refractivity contribution in [2.24, 2.45) is 0 Å². The SMILES string of the molecule is CN(CCNC(=O)NCC1(C)CCCS1)C1CC1. The van der Waals surface area contributed by atoms with Crippen LogP contribution in [0.4, 0.5) is 4.79 Å². The smallest absolute Gasteiger partial charge is 0.314 e. The quantitative estimate of drug-likeness (QED) is 0.772. The topological polar surface area (TPSA) is 44.4 Å². The first-order valence-corrected chi connectivity index (χ1v) is 7.93. The fourth-order valence-electron chi connectivity index (χ4n) is 2.35. The lowest BCUT2D eigenvalue weighted by molar-refractivity contribution is 0.237. The molecule has 0 aromatic carbocycles. The zero-order valence-corrected chi connectivity index (χ0v) is 12.3. The van der Waals surface area contributed by atoms with Gasteiger partial charge in [-0.15, -0.1) is 0 Å². The van der Waals surface area contributed by atoms with Gasteiger partial charge in [-0.25, -0.2) is 4.79 Å². The summed E-state index contributed by atoms with van der Waals surface area (Å²) in [6.45, 7) is 4.71. The third kappa shape index (κ3) is 4.35. The van der Waals surface area contributed by atoms with Crippen LogP contribution in [0.15, 0.2) is 0 Å². The predicted molar refractivity (Wildman–Crippen MR) is 77.2 cm³/mol. The van der Waals surface area contributed by atoms with Gasteiger partial charge in [-0.2, -0.15) is 11.8 Å². The first kappa shape index (κ1) is 14.0. The van der Waals surface area contributed by atoms with Crippen LogP contribution in [0.5, 0.6) is 0 Å². The zero-order valence-electron chi connectivity index (χ0n) is 11.5. The highest BCUT2D eigenvalue weighted by Crippen LogP contribution is 2.36. The Labute approximate surface area is 114 Å². The molecule has 0 aromatic rings. The number of likely N-dealkylation sites (N-methyl/N-ethyl adjacent to an activating group) is 1. The maximum Gasteiger partial charge on any atom is 0.314 e. The summed E-state index contributed by atoms with van der Waals surface area (Å²) >= 11 is 1.98. The number of hydrogen-bond donors (Lipinski definition) is 2. The van der Waals surface area contributed by atoms with E-state index in [1.54, 1.807) is 0 Å². The van der Waals surface area contributed by atoms with E-state index in [0.717, 1.165) is 25.7 Å². The minimum absolute atomic E-state index is 0.0204. The van der Waals surface area contributed by atoms with E-state index in [2.05, 4.69) is 29.5 Å². The van der Waals surface area contributed by atoms with Gasteiger partial charge >= 0.3 is 6.03 Å². The van der Waals surface area contributed by atoms with Crippen molar-refractivity contribution in [3.05, 3.63) is 0 Å². The van der Waals surface area contributed by atoms with E-state index in [1.807, 2.05) is 11.8 Å². The predicted octanol–water partition coefficient (Wildman–Crippen LogP) is 1.67. The number of carbonyl (C=O) groups excluding carboxylic acids is 1. The summed E-state index contributed by atoms with van der Waals surface area (Å²) in [4.78, 5) is 14.0. The molecular weight excluding hydrogens is 246 g/mol. The van der Waals surface area contributed by atoms with E-state index in [9.17, 15) is 4.79 Å². The van der Waals surface area contributed by atoms with Crippen molar-refractivity contribution in [2.75, 3.05) is 32.4 Å². The Morgan fingerprint density at radius 1 is 1.44 bits per heavy atom. The molecule has 2 aliphatic rings. The molecule has 2 amide bonds. The lowest BCUT2D eigenvalue weighted by Crippen LogP contribution is -2.44. The molecule has 18 heavy (non-hydrogen) atoms. The Bertz CT molecular complexity index is 288. The van der Waals surface area contributed by atoms with Crippen LogP contribution < -0.4 is 10.6 Å². The van der Waals surface area contributed by atoms with Crippen molar-refractivity contribution in [1.29, 1.82) is 0 Å². The molecule has 0 bridgehead atoms. The lowest BCUT2D eigenvalue weighted by Gasteiger charge is -2.23. The summed E-state index contributed by atoms with van der Waals surface area (Å²) in [6.07, 6.45) is 5.12. The van der Waals surface area contributed by atoms with Crippen molar-refractivity contribution in [2.45, 2.75) is 43.4 Å². The number of hydrogen-bond acceptors (Lipinski definition) is 3. The molecule has 1 saturated carbocycles. The average molecular weight is 271 g/mol. The summed E-state index contributed by atoms with van der Waals surface area (Å²) in [5, 5.41) is 5.93. The number of thioether (sulfide) groups is 1. The summed E-state index contributed by atoms with van der Waals surface area (Å²) < 4.78 is 0.252. The minimum atomic E-state index is -0.0204. The summed E-state index contributed by atoms with van der Waals surface area (Å²) in [5.74, 6) is 1.23. The molecule has 0 aromatic heterocycles. The number of nitrogens with one attached hydrogen (secondary N) is 2. The van der Waals surface area contributed by atoms with Gasteiger partial charge in [-0.1, -0.05) is 0 Å². The second-order valence-corrected chi connectivity index (χ2v) is 7.41. The molecule has 1 aliphatic heterocycles. The van der Waals surface area contributed by atoms with E-state index in [0.29, 0.717) is 0 Å². The van der Waals surface area contributed by atoms with Crippen molar-refractivity contribution >= 4 is 17.8 Å². The second-order valence-electron chi connectivity index (χ2n) is 5.72. The molecule has 1 aliphatic carbocycles. The van der Waals surface area contributed by atoms with Crippen molar-refractivity contribution in [3.63, 3.8) is 0 Å². The van der Waals surface area contributed by atoms with Gasteiger partial charge < -0.3 is 15.5 Å². The molecule has 2 N–H and O–H groups in total. The van der Waals surface area contributed by atoms with Gasteiger partial charge in [0.25, 0.3) is 0 Å². The maximum atomic E-state index is 11.7. The first-order valence-electron chi connectivity index (χ1n) is 6.95. The van der Waals surface area contributed by atoms with Crippen LogP contribution in [0.25, 0.3) is 0 Å². The van der Waals surface area contributed by atoms with Crippen LogP contribution >= 0.6 is 11.8 Å². The monoisotopic (exact) mass is 271 g/mol. The van der Waals surface area contributed by atoms with Crippen LogP contribution in [0.3, 0.4) is 0 Å². The van der Waals surface area contributed by atoms with Gasteiger partial charge in [0.15, 0.2) is 0 Å². The summed E-state index contributed by atoms with van der Waals surface area (Å²) in [5.41, 5.74) is 0. The fraction of sp³-hybridized carbons (Fsp3) is 0.923. The molecule has 4 nitrogen and oxygen atoms in total. The molecule has 1 unspecified atom stereocenters. The third-order valence-electron chi connectivity index (χ3n) is 3.84. The van der Waals surface area contributed by atoms with E-state index >= 15 is 0 Å². The van der Waals surface area contributed by atoms with Gasteiger partial charge in [-0.3, -0.25) is 0 Å². The van der Waals surface area contributed by atoms with Gasteiger partial charge in [0.1, 0.15) is 0 Å². The third-order valence-corrected chi connectivity index (χ3v) is 5.38. The molecular formula is C13H25N3OS. The molecule has 2 fully saturated rings. The number of amides is 2. The number of urea groups is 1. The fourth-order valence-corrected chi connectivity index (χ4v) is 3.59. The highest BCUT2D eigenvalue weighted by atomic mass is 32.2. The molecule has 1 heterocycles. The zero-order chi connectivity index (χ0) is 13.0. The van der Waals surface area contributed by atoms with Crippen LogP contribution in [-0.4, -0.2) is 54.2 Å². The molecule has 1 saturated heterocycles. The summed E-state index contributed by atoms with van der Waals surface area (Å²) in [6, 6.07) is 0.747. The van der Waals surface area contributed by atoms with E-state index < -0.39 is 0 Å². The lowest BCUT2D eigenvalue weighted by atomic mass is 10.1. The van der Waals surface area contributed by atoms with Crippen LogP contribution in [0, 0.1) is 0 Å². The van der Waals surface area contributed by atoms with E-state index in [4.69, 9.17) is 0 Å². The van der Waals surface area contributed by atoms with Crippen molar-refractivity contribution in [3.8, 4) is 0 Å². The first-order chi connectivity index (χ1) is 8.59. The van der Waals surface area contributed by atoms with Crippen molar-refractivity contribution in [1.82, 2.24) is 15.5 Å². The largest absolute Gasteiger partial charge is 0.337 e. The van der Waals surface area contributed by atoms with Gasteiger partial charge in [-0.05, 0) is 45.4 Å². The van der Waals surface area contributed by atoms with E-state index in [-0.39, 0.29) is 10.8 Å². The molecule has 0 spiro atoms. The Morgan fingerprint density at radius 3 is 2.83 bits per heavy atom. The molecule has 104 valence electrons. The van der Waals surface area contributed by atoms with Gasteiger partial charge in [0.2, 0.25) is 0 Å². The van der Waals surface area contributed by atoms with Crippen LogP contribution in [0.1, 0.15) is 32.6 Å². The van der Waals surface area contributed by atoms with Crippen LogP contribution in [0.2, 0.25) is 0 Å². The normalized spacial score (nSPS) is 27.5. The Hall–Kier alpha value is -0.420. The molecule has 2 rings (SSSR count). The standard InChI is InChI=1S/C13H25N3OS/c1-13(6-3-9-18-13)10-15-12(17)14-7-8-16(2)11-4-5-11/h11H,3-10H2,1-2H3,(H2,14,15,17). The maximum absolute atomic E-state index is 11.7. The van der Waals surface area contributed by atoms with E-state index in [1.165, 1.54) is 31.4 Å². The number of nitrogens with zero attached hydrogens (tertiary/aromatic N) is 1. The average Bonchev–Trinajstić information content (AvgIpc) is 3.10. The van der Waals surface area contributed by atoms with Crippen LogP contribution in [-0.2, 0) is 0 Å². The highest BCUT2D eigenvalue weighted by Gasteiger charge is 2.29. The van der Waals surface area contributed by atoms with Crippen molar-refractivity contribution < 1.29 is 4.79 Å². The number of rotatable bonds is 6. The molecule has 0 radical (unpaired) electrons. The number of carbonyl (C=O) groups is 1. The van der Waals surface area contributed by atoms with Gasteiger partial charge in [0.05, 0.1) is 0 Å². The Balaban J connectivity index is 1.54. The molecule has 5 heteroatoms. The second kappa shape index (κ2) is 6.15. The summed E-state index contributed by atoms with van der Waals surface area (Å²) in [7, 11) is 2.13. The minimum Gasteiger partial charge on any atom is -0.337 e. The Kier molecular flexibility index (Phi) is 4.78. The van der Waals surface area contributed by atoms with Gasteiger partial charge in [0, 0.05) is 30.4 Å². The highest BCUT2D eigenvalue weighted by molar-refractivity contribution is 8.00. The Morgan fingerprint density at radius 2 is 2.22 bits per heavy atom. The molecule has 1 atom stereocenters.